The molecule has 5 nitrogen and oxygen atoms in total. The highest BCUT2D eigenvalue weighted by Gasteiger charge is 2.19. The van der Waals surface area contributed by atoms with E-state index >= 15 is 0 Å². The quantitative estimate of drug-likeness (QED) is 0.787. The Hall–Kier alpha value is -0.990. The summed E-state index contributed by atoms with van der Waals surface area (Å²) in [6.45, 7) is 2.07. The molecule has 1 amide bonds. The standard InChI is InChI=1S/C12H15ClFNO4S2/c1-8(20(2)17)5-6-15-12(16)9-3-4-10(14)11(7-9)21(13,18)19/h3-4,7-8H,5-6H2,1-2H3,(H,15,16). The third kappa shape index (κ3) is 5.37. The van der Waals surface area contributed by atoms with Crippen molar-refractivity contribution in [3.63, 3.8) is 0 Å². The number of carbonyl (C=O) groups excluding carboxylic acids is 1. The van der Waals surface area contributed by atoms with Crippen molar-refractivity contribution in [2.45, 2.75) is 23.5 Å². The third-order valence-electron chi connectivity index (χ3n) is 2.86. The molecule has 2 atom stereocenters. The minimum Gasteiger partial charge on any atom is -0.352 e. The van der Waals surface area contributed by atoms with Crippen LogP contribution in [0, 0.1) is 5.82 Å². The van der Waals surface area contributed by atoms with Crippen molar-refractivity contribution in [3.05, 3.63) is 29.6 Å². The van der Waals surface area contributed by atoms with Crippen molar-refractivity contribution >= 4 is 36.4 Å². The highest BCUT2D eigenvalue weighted by molar-refractivity contribution is 8.13. The molecule has 0 aliphatic heterocycles. The van der Waals surface area contributed by atoms with Gasteiger partial charge < -0.3 is 5.32 Å². The first-order valence-corrected chi connectivity index (χ1v) is 9.90. The molecule has 2 unspecified atom stereocenters. The summed E-state index contributed by atoms with van der Waals surface area (Å²) in [6.07, 6.45) is 2.08. The molecule has 21 heavy (non-hydrogen) atoms. The van der Waals surface area contributed by atoms with Crippen LogP contribution >= 0.6 is 10.7 Å². The number of halogens is 2. The van der Waals surface area contributed by atoms with Crippen LogP contribution in [0.25, 0.3) is 0 Å². The summed E-state index contributed by atoms with van der Waals surface area (Å²) in [5, 5.41) is 2.48. The first kappa shape index (κ1) is 18.1. The fourth-order valence-electron chi connectivity index (χ4n) is 1.49. The lowest BCUT2D eigenvalue weighted by Crippen LogP contribution is -2.27. The average molecular weight is 356 g/mol. The largest absolute Gasteiger partial charge is 0.352 e. The Morgan fingerprint density at radius 1 is 1.48 bits per heavy atom. The Kier molecular flexibility index (Phi) is 6.30. The summed E-state index contributed by atoms with van der Waals surface area (Å²) >= 11 is 0. The SMILES string of the molecule is CC(CCNC(=O)c1ccc(F)c(S(=O)(=O)Cl)c1)S(C)=O. The summed E-state index contributed by atoms with van der Waals surface area (Å²) in [5.41, 5.74) is -0.0131. The Labute approximate surface area is 129 Å². The van der Waals surface area contributed by atoms with E-state index in [2.05, 4.69) is 5.32 Å². The van der Waals surface area contributed by atoms with Crippen molar-refractivity contribution in [2.75, 3.05) is 12.8 Å². The van der Waals surface area contributed by atoms with E-state index in [1.807, 2.05) is 0 Å². The van der Waals surface area contributed by atoms with Gasteiger partial charge in [-0.15, -0.1) is 0 Å². The van der Waals surface area contributed by atoms with Gasteiger partial charge in [0.25, 0.3) is 15.0 Å². The van der Waals surface area contributed by atoms with Crippen LogP contribution in [0.2, 0.25) is 0 Å². The maximum Gasteiger partial charge on any atom is 0.264 e. The number of amides is 1. The zero-order valence-corrected chi connectivity index (χ0v) is 13.8. The van der Waals surface area contributed by atoms with Crippen LogP contribution in [-0.4, -0.2) is 36.6 Å². The predicted molar refractivity (Wildman–Crippen MR) is 79.9 cm³/mol. The van der Waals surface area contributed by atoms with Gasteiger partial charge in [-0.05, 0) is 24.6 Å². The Morgan fingerprint density at radius 3 is 2.62 bits per heavy atom. The number of rotatable bonds is 6. The zero-order chi connectivity index (χ0) is 16.2. The number of benzene rings is 1. The molecule has 0 bridgehead atoms. The maximum atomic E-state index is 13.3. The molecule has 0 heterocycles. The molecule has 1 N–H and O–H groups in total. The first-order chi connectivity index (χ1) is 9.62. The van der Waals surface area contributed by atoms with E-state index in [9.17, 15) is 21.8 Å². The second kappa shape index (κ2) is 7.33. The number of nitrogens with one attached hydrogen (secondary N) is 1. The van der Waals surface area contributed by atoms with Crippen molar-refractivity contribution in [1.29, 1.82) is 0 Å². The van der Waals surface area contributed by atoms with Crippen molar-refractivity contribution in [1.82, 2.24) is 5.32 Å². The zero-order valence-electron chi connectivity index (χ0n) is 11.4. The number of carbonyl (C=O) groups is 1. The van der Waals surface area contributed by atoms with E-state index < -0.39 is 36.5 Å². The Morgan fingerprint density at radius 2 is 2.10 bits per heavy atom. The maximum absolute atomic E-state index is 13.3. The van der Waals surface area contributed by atoms with Gasteiger partial charge in [-0.2, -0.15) is 0 Å². The van der Waals surface area contributed by atoms with Crippen LogP contribution in [-0.2, 0) is 19.9 Å². The molecule has 1 aromatic rings. The highest BCUT2D eigenvalue weighted by Crippen LogP contribution is 2.20. The smallest absolute Gasteiger partial charge is 0.264 e. The lowest BCUT2D eigenvalue weighted by atomic mass is 10.2. The summed E-state index contributed by atoms with van der Waals surface area (Å²) in [7, 11) is -0.155. The van der Waals surface area contributed by atoms with Gasteiger partial charge in [-0.3, -0.25) is 9.00 Å². The molecule has 1 rings (SSSR count). The van der Waals surface area contributed by atoms with Crippen molar-refractivity contribution in [2.24, 2.45) is 0 Å². The van der Waals surface area contributed by atoms with Gasteiger partial charge in [0.15, 0.2) is 0 Å². The van der Waals surface area contributed by atoms with Crippen LogP contribution < -0.4 is 5.32 Å². The minimum atomic E-state index is -4.26. The average Bonchev–Trinajstić information content (AvgIpc) is 2.37. The molecule has 0 fully saturated rings. The summed E-state index contributed by atoms with van der Waals surface area (Å²) in [6, 6.07) is 2.92. The van der Waals surface area contributed by atoms with Crippen LogP contribution in [0.5, 0.6) is 0 Å². The normalized spacial score (nSPS) is 14.5. The molecule has 1 aromatic carbocycles. The Balaban J connectivity index is 2.78. The first-order valence-electron chi connectivity index (χ1n) is 5.97. The topological polar surface area (TPSA) is 80.3 Å². The van der Waals surface area contributed by atoms with Crippen LogP contribution in [0.15, 0.2) is 23.1 Å². The minimum absolute atomic E-state index is 0.0131. The van der Waals surface area contributed by atoms with Gasteiger partial charge in [0, 0.05) is 45.1 Å². The van der Waals surface area contributed by atoms with Gasteiger partial charge in [-0.1, -0.05) is 6.92 Å². The number of hydrogen-bond acceptors (Lipinski definition) is 4. The monoisotopic (exact) mass is 355 g/mol. The van der Waals surface area contributed by atoms with Gasteiger partial charge in [-0.25, -0.2) is 12.8 Å². The molecule has 0 saturated carbocycles. The molecular formula is C12H15ClFNO4S2. The second-order valence-electron chi connectivity index (χ2n) is 4.44. The third-order valence-corrected chi connectivity index (χ3v) is 5.57. The van der Waals surface area contributed by atoms with E-state index in [4.69, 9.17) is 10.7 Å². The van der Waals surface area contributed by atoms with Crippen LogP contribution in [0.3, 0.4) is 0 Å². The van der Waals surface area contributed by atoms with Crippen LogP contribution in [0.1, 0.15) is 23.7 Å². The lowest BCUT2D eigenvalue weighted by Gasteiger charge is -2.10. The van der Waals surface area contributed by atoms with E-state index in [-0.39, 0.29) is 17.4 Å². The summed E-state index contributed by atoms with van der Waals surface area (Å²) < 4.78 is 46.8. The molecular weight excluding hydrogens is 341 g/mol. The van der Waals surface area contributed by atoms with Gasteiger partial charge in [0.1, 0.15) is 10.7 Å². The van der Waals surface area contributed by atoms with E-state index in [1.165, 1.54) is 0 Å². The molecule has 0 saturated heterocycles. The summed E-state index contributed by atoms with van der Waals surface area (Å²) in [5.74, 6) is -1.57. The van der Waals surface area contributed by atoms with Gasteiger partial charge >= 0.3 is 0 Å². The lowest BCUT2D eigenvalue weighted by molar-refractivity contribution is 0.0953. The van der Waals surface area contributed by atoms with E-state index in [0.29, 0.717) is 6.42 Å². The highest BCUT2D eigenvalue weighted by atomic mass is 35.7. The second-order valence-corrected chi connectivity index (χ2v) is 8.77. The number of hydrogen-bond donors (Lipinski definition) is 1. The molecule has 0 aromatic heterocycles. The molecule has 9 heteroatoms. The van der Waals surface area contributed by atoms with Crippen molar-refractivity contribution in [3.8, 4) is 0 Å². The van der Waals surface area contributed by atoms with Crippen LogP contribution in [0.4, 0.5) is 4.39 Å². The fourth-order valence-corrected chi connectivity index (χ4v) is 2.86. The van der Waals surface area contributed by atoms with E-state index in [1.54, 1.807) is 13.2 Å². The molecule has 0 radical (unpaired) electrons. The van der Waals surface area contributed by atoms with E-state index in [0.717, 1.165) is 18.2 Å². The fraction of sp³-hybridized carbons (Fsp3) is 0.417. The molecule has 0 spiro atoms. The summed E-state index contributed by atoms with van der Waals surface area (Å²) in [4.78, 5) is 11.1. The van der Waals surface area contributed by atoms with Gasteiger partial charge in [0.2, 0.25) is 0 Å². The van der Waals surface area contributed by atoms with Crippen molar-refractivity contribution < 1.29 is 21.8 Å². The predicted octanol–water partition coefficient (Wildman–Crippen LogP) is 1.64. The molecule has 118 valence electrons. The van der Waals surface area contributed by atoms with Gasteiger partial charge in [0.05, 0.1) is 0 Å². The molecule has 0 aliphatic carbocycles. The molecule has 0 aliphatic rings. The Bertz CT molecular complexity index is 663.